The Labute approximate surface area is 266 Å². The monoisotopic (exact) mass is 637 g/mol. The molecule has 0 saturated carbocycles. The van der Waals surface area contributed by atoms with E-state index in [1.165, 1.54) is 7.11 Å². The number of aliphatic hydroxyl groups excluding tert-OH is 1. The number of carbonyl (C=O) groups is 5. The number of ketones is 2. The molecule has 0 aromatic heterocycles. The molecule has 4 N–H and O–H groups in total. The first-order chi connectivity index (χ1) is 21.7. The molecule has 254 valence electrons. The molecular formula is C32H51N3O10. The van der Waals surface area contributed by atoms with Crippen molar-refractivity contribution in [1.82, 2.24) is 16.0 Å². The normalized spacial score (nSPS) is 11.8. The van der Waals surface area contributed by atoms with Crippen LogP contribution in [0.25, 0.3) is 0 Å². The SMILES string of the molecule is C=C.COOCCCNC(=O)CCC(=O)C(CC(C)C)NC(=O)C(CC(=O)CNC(=O)OCCOCCO)Cc1ccccc1. The van der Waals surface area contributed by atoms with Crippen molar-refractivity contribution in [2.45, 2.75) is 58.4 Å². The van der Waals surface area contributed by atoms with Crippen molar-refractivity contribution in [3.05, 3.63) is 49.1 Å². The van der Waals surface area contributed by atoms with Crippen LogP contribution in [0.4, 0.5) is 4.79 Å². The van der Waals surface area contributed by atoms with Crippen LogP contribution in [0.5, 0.6) is 0 Å². The van der Waals surface area contributed by atoms with Crippen LogP contribution < -0.4 is 16.0 Å². The summed E-state index contributed by atoms with van der Waals surface area (Å²) < 4.78 is 9.92. The molecule has 45 heavy (non-hydrogen) atoms. The Bertz CT molecular complexity index is 991. The Morgan fingerprint density at radius 2 is 1.64 bits per heavy atom. The van der Waals surface area contributed by atoms with Crippen LogP contribution in [0.15, 0.2) is 43.5 Å². The Balaban J connectivity index is 0.00000947. The van der Waals surface area contributed by atoms with Gasteiger partial charge in [-0.25, -0.2) is 14.6 Å². The van der Waals surface area contributed by atoms with Crippen molar-refractivity contribution >= 4 is 29.5 Å². The summed E-state index contributed by atoms with van der Waals surface area (Å²) in [7, 11) is 1.40. The van der Waals surface area contributed by atoms with Gasteiger partial charge in [0.2, 0.25) is 11.8 Å². The molecule has 1 rings (SSSR count). The highest BCUT2D eigenvalue weighted by Gasteiger charge is 2.28. The van der Waals surface area contributed by atoms with Crippen molar-refractivity contribution in [2.75, 3.05) is 53.2 Å². The third-order valence-corrected chi connectivity index (χ3v) is 6.15. The molecule has 13 nitrogen and oxygen atoms in total. The number of carbonyl (C=O) groups excluding carboxylic acids is 5. The standard InChI is InChI=1S/C30H47N3O10.C2H4/c1-22(2)18-26(27(36)10-11-28(37)31-12-7-14-43-40-3)33-29(38)24(19-23-8-5-4-6-9-23)20-25(35)21-32-30(39)42-17-16-41-15-13-34;1-2/h4-6,8-9,22,24,26,34H,7,10-21H2,1-3H3,(H,31,37)(H,32,39)(H,33,38);1-2H2. The van der Waals surface area contributed by atoms with Crippen LogP contribution in [0.2, 0.25) is 0 Å². The van der Waals surface area contributed by atoms with Crippen molar-refractivity contribution in [3.63, 3.8) is 0 Å². The summed E-state index contributed by atoms with van der Waals surface area (Å²) in [4.78, 5) is 72.6. The van der Waals surface area contributed by atoms with Gasteiger partial charge in [0.05, 0.1) is 46.1 Å². The quantitative estimate of drug-likeness (QED) is 0.0569. The van der Waals surface area contributed by atoms with Gasteiger partial charge in [0.15, 0.2) is 11.6 Å². The van der Waals surface area contributed by atoms with Gasteiger partial charge in [-0.2, -0.15) is 0 Å². The third kappa shape index (κ3) is 21.7. The summed E-state index contributed by atoms with van der Waals surface area (Å²) in [6.07, 6.45) is 0.147. The highest BCUT2D eigenvalue weighted by molar-refractivity contribution is 5.94. The number of aliphatic hydroxyl groups is 1. The van der Waals surface area contributed by atoms with E-state index in [0.29, 0.717) is 26.0 Å². The maximum Gasteiger partial charge on any atom is 0.407 e. The van der Waals surface area contributed by atoms with Crippen molar-refractivity contribution in [1.29, 1.82) is 0 Å². The molecule has 2 unspecified atom stereocenters. The molecule has 0 bridgehead atoms. The second-order valence-electron chi connectivity index (χ2n) is 10.3. The highest BCUT2D eigenvalue weighted by atomic mass is 17.2. The van der Waals surface area contributed by atoms with Crippen LogP contribution in [-0.2, 0) is 44.8 Å². The Hall–Kier alpha value is -3.65. The zero-order chi connectivity index (χ0) is 33.9. The van der Waals surface area contributed by atoms with Crippen LogP contribution >= 0.6 is 0 Å². The first kappa shape index (κ1) is 41.4. The van der Waals surface area contributed by atoms with Crippen LogP contribution in [0.3, 0.4) is 0 Å². The number of nitrogens with one attached hydrogen (secondary N) is 3. The average molecular weight is 638 g/mol. The lowest BCUT2D eigenvalue weighted by Crippen LogP contribution is -2.46. The molecule has 1 aromatic carbocycles. The molecule has 0 heterocycles. The summed E-state index contributed by atoms with van der Waals surface area (Å²) in [6, 6.07) is 8.37. The van der Waals surface area contributed by atoms with Gasteiger partial charge in [-0.05, 0) is 30.7 Å². The Morgan fingerprint density at radius 3 is 2.29 bits per heavy atom. The third-order valence-electron chi connectivity index (χ3n) is 6.15. The zero-order valence-corrected chi connectivity index (χ0v) is 26.8. The van der Waals surface area contributed by atoms with E-state index in [1.807, 2.05) is 44.2 Å². The van der Waals surface area contributed by atoms with E-state index >= 15 is 0 Å². The number of rotatable bonds is 24. The van der Waals surface area contributed by atoms with Crippen molar-refractivity contribution in [2.24, 2.45) is 11.8 Å². The largest absolute Gasteiger partial charge is 0.447 e. The minimum atomic E-state index is -0.815. The molecule has 0 aliphatic carbocycles. The van der Waals surface area contributed by atoms with Crippen LogP contribution in [0, 0.1) is 11.8 Å². The average Bonchev–Trinajstić information content (AvgIpc) is 3.03. The van der Waals surface area contributed by atoms with Gasteiger partial charge in [-0.15, -0.1) is 13.2 Å². The number of amides is 3. The van der Waals surface area contributed by atoms with Crippen LogP contribution in [-0.4, -0.2) is 93.9 Å². The predicted molar refractivity (Wildman–Crippen MR) is 168 cm³/mol. The summed E-state index contributed by atoms with van der Waals surface area (Å²) in [5, 5.41) is 16.6. The summed E-state index contributed by atoms with van der Waals surface area (Å²) >= 11 is 0. The fraction of sp³-hybridized carbons (Fsp3) is 0.594. The first-order valence-corrected chi connectivity index (χ1v) is 15.1. The number of alkyl carbamates (subject to hydrolysis) is 1. The summed E-state index contributed by atoms with van der Waals surface area (Å²) in [5.74, 6) is -2.10. The van der Waals surface area contributed by atoms with E-state index in [1.54, 1.807) is 0 Å². The predicted octanol–water partition coefficient (Wildman–Crippen LogP) is 2.31. The van der Waals surface area contributed by atoms with E-state index in [9.17, 15) is 24.0 Å². The fourth-order valence-corrected chi connectivity index (χ4v) is 4.06. The Kier molecular flexibility index (Phi) is 24.6. The lowest BCUT2D eigenvalue weighted by atomic mass is 9.91. The summed E-state index contributed by atoms with van der Waals surface area (Å²) in [6.45, 7) is 10.3. The van der Waals surface area contributed by atoms with E-state index < -0.39 is 24.0 Å². The number of benzene rings is 1. The number of hydrogen-bond acceptors (Lipinski definition) is 10. The molecule has 0 aliphatic heterocycles. The van der Waals surface area contributed by atoms with E-state index in [4.69, 9.17) is 19.5 Å². The molecule has 2 atom stereocenters. The molecule has 1 aromatic rings. The number of ether oxygens (including phenoxy) is 2. The molecule has 0 fully saturated rings. The highest BCUT2D eigenvalue weighted by Crippen LogP contribution is 2.16. The van der Waals surface area contributed by atoms with Gasteiger partial charge in [0, 0.05) is 31.7 Å². The van der Waals surface area contributed by atoms with Gasteiger partial charge in [0.1, 0.15) is 6.61 Å². The zero-order valence-electron chi connectivity index (χ0n) is 26.8. The van der Waals surface area contributed by atoms with E-state index in [-0.39, 0.29) is 82.0 Å². The lowest BCUT2D eigenvalue weighted by molar-refractivity contribution is -0.272. The van der Waals surface area contributed by atoms with Crippen LogP contribution in [0.1, 0.15) is 51.5 Å². The number of Topliss-reactive ketones (excluding diaryl/α,β-unsaturated/α-hetero) is 2. The van der Waals surface area contributed by atoms with Gasteiger partial charge in [-0.1, -0.05) is 44.2 Å². The molecule has 0 aliphatic rings. The molecule has 3 amide bonds. The minimum absolute atomic E-state index is 0.0182. The molecule has 0 spiro atoms. The minimum Gasteiger partial charge on any atom is -0.447 e. The molecule has 0 radical (unpaired) electrons. The topological polar surface area (TPSA) is 179 Å². The smallest absolute Gasteiger partial charge is 0.407 e. The van der Waals surface area contributed by atoms with E-state index in [0.717, 1.165) is 5.56 Å². The number of hydrogen-bond donors (Lipinski definition) is 4. The van der Waals surface area contributed by atoms with Gasteiger partial charge >= 0.3 is 6.09 Å². The second kappa shape index (κ2) is 26.7. The van der Waals surface area contributed by atoms with Gasteiger partial charge < -0.3 is 30.5 Å². The first-order valence-electron chi connectivity index (χ1n) is 15.1. The molecule has 13 heteroatoms. The maximum atomic E-state index is 13.5. The van der Waals surface area contributed by atoms with E-state index in [2.05, 4.69) is 34.0 Å². The Morgan fingerprint density at radius 1 is 0.933 bits per heavy atom. The fourth-order valence-electron chi connectivity index (χ4n) is 4.06. The molecular weight excluding hydrogens is 586 g/mol. The van der Waals surface area contributed by atoms with Crippen molar-refractivity contribution < 1.29 is 48.3 Å². The van der Waals surface area contributed by atoms with Crippen molar-refractivity contribution in [3.8, 4) is 0 Å². The second-order valence-corrected chi connectivity index (χ2v) is 10.3. The lowest BCUT2D eigenvalue weighted by Gasteiger charge is -2.23. The summed E-state index contributed by atoms with van der Waals surface area (Å²) in [5.41, 5.74) is 0.838. The van der Waals surface area contributed by atoms with Gasteiger partial charge in [0.25, 0.3) is 0 Å². The maximum absolute atomic E-state index is 13.5. The van der Waals surface area contributed by atoms with Gasteiger partial charge in [-0.3, -0.25) is 19.2 Å². The molecule has 0 saturated heterocycles.